The average molecular weight is 310 g/mol. The number of nitrogens with one attached hydrogen (secondary N) is 1. The van der Waals surface area contributed by atoms with E-state index in [4.69, 9.17) is 4.74 Å². The maximum absolute atomic E-state index is 12.1. The van der Waals surface area contributed by atoms with Gasteiger partial charge in [0.25, 0.3) is 0 Å². The average Bonchev–Trinajstić information content (AvgIpc) is 3.00. The Hall–Kier alpha value is -2.33. The van der Waals surface area contributed by atoms with Crippen LogP contribution in [0, 0.1) is 5.92 Å². The zero-order valence-electron chi connectivity index (χ0n) is 13.4. The molecule has 1 aliphatic heterocycles. The second-order valence-corrected chi connectivity index (χ2v) is 6.05. The van der Waals surface area contributed by atoms with E-state index in [2.05, 4.69) is 17.3 Å². The third-order valence-electron chi connectivity index (χ3n) is 4.19. The van der Waals surface area contributed by atoms with Gasteiger partial charge in [0.05, 0.1) is 12.3 Å². The van der Waals surface area contributed by atoms with Gasteiger partial charge >= 0.3 is 6.09 Å². The fourth-order valence-electron chi connectivity index (χ4n) is 2.96. The summed E-state index contributed by atoms with van der Waals surface area (Å²) < 4.78 is 5.39. The van der Waals surface area contributed by atoms with E-state index in [0.717, 1.165) is 36.3 Å². The Morgan fingerprint density at radius 2 is 1.91 bits per heavy atom. The molecule has 0 radical (unpaired) electrons. The van der Waals surface area contributed by atoms with E-state index in [9.17, 15) is 4.79 Å². The van der Waals surface area contributed by atoms with E-state index in [0.29, 0.717) is 12.5 Å². The molecule has 1 aliphatic rings. The van der Waals surface area contributed by atoms with Gasteiger partial charge in [-0.1, -0.05) is 48.5 Å². The number of nitrogens with zero attached hydrogens (tertiary/aromatic N) is 1. The Kier molecular flexibility index (Phi) is 4.93. The number of anilines is 1. The van der Waals surface area contributed by atoms with Crippen LogP contribution in [0.2, 0.25) is 0 Å². The van der Waals surface area contributed by atoms with Crippen LogP contribution in [0.4, 0.5) is 10.5 Å². The number of carbonyl (C=O) groups excluding carboxylic acids is 1. The molecule has 0 aliphatic carbocycles. The van der Waals surface area contributed by atoms with Gasteiger partial charge in [-0.05, 0) is 31.6 Å². The Morgan fingerprint density at radius 1 is 1.17 bits per heavy atom. The number of hydrogen-bond donors (Lipinski definition) is 1. The lowest BCUT2D eigenvalue weighted by atomic mass is 10.0. The summed E-state index contributed by atoms with van der Waals surface area (Å²) in [6, 6.07) is 17.8. The van der Waals surface area contributed by atoms with Crippen molar-refractivity contribution in [2.24, 2.45) is 5.92 Å². The molecule has 1 saturated heterocycles. The Bertz CT molecular complexity index is 657. The summed E-state index contributed by atoms with van der Waals surface area (Å²) in [5.41, 5.74) is 2.83. The molecule has 0 aromatic heterocycles. The van der Waals surface area contributed by atoms with Crippen LogP contribution in [0.5, 0.6) is 0 Å². The van der Waals surface area contributed by atoms with Crippen LogP contribution >= 0.6 is 0 Å². The monoisotopic (exact) mass is 310 g/mol. The smallest absolute Gasteiger partial charge is 0.411 e. The predicted molar refractivity (Wildman–Crippen MR) is 92.5 cm³/mol. The minimum absolute atomic E-state index is 0.386. The lowest BCUT2D eigenvalue weighted by Crippen LogP contribution is -2.21. The summed E-state index contributed by atoms with van der Waals surface area (Å²) in [7, 11) is 2.09. The maximum atomic E-state index is 12.1. The number of ether oxygens (including phenoxy) is 1. The number of carbonyl (C=O) groups is 1. The first-order valence-electron chi connectivity index (χ1n) is 7.99. The summed E-state index contributed by atoms with van der Waals surface area (Å²) >= 11 is 0. The lowest BCUT2D eigenvalue weighted by Gasteiger charge is -2.14. The van der Waals surface area contributed by atoms with E-state index in [-0.39, 0.29) is 6.09 Å². The van der Waals surface area contributed by atoms with Crippen LogP contribution in [0.1, 0.15) is 6.42 Å². The molecule has 0 spiro atoms. The largest absolute Gasteiger partial charge is 0.449 e. The predicted octanol–water partition coefficient (Wildman–Crippen LogP) is 3.85. The van der Waals surface area contributed by atoms with Crippen molar-refractivity contribution in [2.45, 2.75) is 6.42 Å². The van der Waals surface area contributed by atoms with Gasteiger partial charge in [-0.3, -0.25) is 5.32 Å². The summed E-state index contributed by atoms with van der Waals surface area (Å²) in [4.78, 5) is 14.3. The highest BCUT2D eigenvalue weighted by Gasteiger charge is 2.21. The van der Waals surface area contributed by atoms with Crippen LogP contribution in [0.25, 0.3) is 11.1 Å². The third kappa shape index (κ3) is 4.11. The van der Waals surface area contributed by atoms with E-state index in [1.165, 1.54) is 0 Å². The number of benzene rings is 2. The van der Waals surface area contributed by atoms with E-state index >= 15 is 0 Å². The molecule has 2 aromatic carbocycles. The Morgan fingerprint density at radius 3 is 2.65 bits per heavy atom. The molecule has 23 heavy (non-hydrogen) atoms. The number of para-hydroxylation sites is 1. The van der Waals surface area contributed by atoms with Crippen molar-refractivity contribution in [3.8, 4) is 11.1 Å². The van der Waals surface area contributed by atoms with Gasteiger partial charge in [0.1, 0.15) is 0 Å². The minimum atomic E-state index is -0.386. The van der Waals surface area contributed by atoms with Crippen molar-refractivity contribution >= 4 is 11.8 Å². The number of likely N-dealkylation sites (tertiary alicyclic amines) is 1. The number of amides is 1. The molecule has 2 aromatic rings. The summed E-state index contributed by atoms with van der Waals surface area (Å²) in [6.07, 6.45) is 0.702. The van der Waals surface area contributed by atoms with Gasteiger partial charge in [0.15, 0.2) is 0 Å². The molecule has 0 bridgehead atoms. The first-order valence-corrected chi connectivity index (χ1v) is 7.99. The van der Waals surface area contributed by atoms with Crippen molar-refractivity contribution < 1.29 is 9.53 Å². The molecule has 1 N–H and O–H groups in total. The van der Waals surface area contributed by atoms with Crippen molar-refractivity contribution in [1.82, 2.24) is 4.90 Å². The zero-order chi connectivity index (χ0) is 16.1. The molecule has 120 valence electrons. The highest BCUT2D eigenvalue weighted by atomic mass is 16.5. The van der Waals surface area contributed by atoms with Gasteiger partial charge in [0, 0.05) is 18.0 Å². The molecule has 1 atom stereocenters. The summed E-state index contributed by atoms with van der Waals surface area (Å²) in [5.74, 6) is 0.440. The molecule has 4 heteroatoms. The topological polar surface area (TPSA) is 41.6 Å². The fourth-order valence-corrected chi connectivity index (χ4v) is 2.96. The zero-order valence-corrected chi connectivity index (χ0v) is 13.4. The van der Waals surface area contributed by atoms with Crippen LogP contribution in [-0.2, 0) is 4.74 Å². The van der Waals surface area contributed by atoms with Crippen molar-refractivity contribution in [1.29, 1.82) is 0 Å². The lowest BCUT2D eigenvalue weighted by molar-refractivity contribution is 0.142. The maximum Gasteiger partial charge on any atom is 0.411 e. The Labute approximate surface area is 137 Å². The minimum Gasteiger partial charge on any atom is -0.449 e. The van der Waals surface area contributed by atoms with Gasteiger partial charge < -0.3 is 9.64 Å². The van der Waals surface area contributed by atoms with Crippen molar-refractivity contribution in [3.63, 3.8) is 0 Å². The molecular formula is C19H22N2O2. The summed E-state index contributed by atoms with van der Waals surface area (Å²) in [5, 5.41) is 2.87. The molecule has 1 fully saturated rings. The fraction of sp³-hybridized carbons (Fsp3) is 0.316. The molecule has 0 saturated carbocycles. The normalized spacial score (nSPS) is 17.9. The quantitative estimate of drug-likeness (QED) is 0.932. The molecular weight excluding hydrogens is 288 g/mol. The van der Waals surface area contributed by atoms with Crippen LogP contribution < -0.4 is 5.32 Å². The second-order valence-electron chi connectivity index (χ2n) is 6.05. The van der Waals surface area contributed by atoms with Crippen LogP contribution in [0.3, 0.4) is 0 Å². The van der Waals surface area contributed by atoms with E-state index in [1.54, 1.807) is 0 Å². The van der Waals surface area contributed by atoms with Gasteiger partial charge in [-0.15, -0.1) is 0 Å². The van der Waals surface area contributed by atoms with Crippen LogP contribution in [-0.4, -0.2) is 37.7 Å². The van der Waals surface area contributed by atoms with E-state index in [1.807, 2.05) is 54.6 Å². The van der Waals surface area contributed by atoms with Crippen molar-refractivity contribution in [3.05, 3.63) is 54.6 Å². The van der Waals surface area contributed by atoms with Gasteiger partial charge in [0.2, 0.25) is 0 Å². The van der Waals surface area contributed by atoms with Gasteiger partial charge in [-0.25, -0.2) is 4.79 Å². The standard InChI is InChI=1S/C19H22N2O2/c1-21-12-11-15(13-21)14-23-19(22)20-18-10-6-5-9-17(18)16-7-3-2-4-8-16/h2-10,15H,11-14H2,1H3,(H,20,22)/t15-/m0/s1. The number of rotatable bonds is 4. The molecule has 1 amide bonds. The first-order chi connectivity index (χ1) is 11.2. The number of hydrogen-bond acceptors (Lipinski definition) is 3. The highest BCUT2D eigenvalue weighted by molar-refractivity contribution is 5.91. The summed E-state index contributed by atoms with van der Waals surface area (Å²) in [6.45, 7) is 2.55. The third-order valence-corrected chi connectivity index (χ3v) is 4.19. The Balaban J connectivity index is 1.62. The highest BCUT2D eigenvalue weighted by Crippen LogP contribution is 2.27. The van der Waals surface area contributed by atoms with Gasteiger partial charge in [-0.2, -0.15) is 0 Å². The van der Waals surface area contributed by atoms with Crippen molar-refractivity contribution in [2.75, 3.05) is 32.1 Å². The van der Waals surface area contributed by atoms with E-state index < -0.39 is 0 Å². The van der Waals surface area contributed by atoms with Crippen LogP contribution in [0.15, 0.2) is 54.6 Å². The molecule has 4 nitrogen and oxygen atoms in total. The molecule has 3 rings (SSSR count). The first kappa shape index (κ1) is 15.6. The molecule has 0 unspecified atom stereocenters. The SMILES string of the molecule is CN1CC[C@H](COC(=O)Nc2ccccc2-c2ccccc2)C1. The molecule has 1 heterocycles. The second kappa shape index (κ2) is 7.29.